The van der Waals surface area contributed by atoms with Gasteiger partial charge in [0.2, 0.25) is 0 Å². The van der Waals surface area contributed by atoms with Gasteiger partial charge in [-0.3, -0.25) is 0 Å². The third-order valence-corrected chi connectivity index (χ3v) is 2.84. The predicted molar refractivity (Wildman–Crippen MR) is 66.5 cm³/mol. The molecule has 1 atom stereocenters. The van der Waals surface area contributed by atoms with Gasteiger partial charge in [0.1, 0.15) is 0 Å². The number of benzene rings is 1. The molecule has 1 fully saturated rings. The Balaban J connectivity index is 1.86. The lowest BCUT2D eigenvalue weighted by Crippen LogP contribution is -2.26. The maximum atomic E-state index is 5.65. The Morgan fingerprint density at radius 3 is 3.12 bits per heavy atom. The molecule has 2 rings (SSSR count). The number of ether oxygens (including phenoxy) is 1. The zero-order valence-electron chi connectivity index (χ0n) is 9.41. The summed E-state index contributed by atoms with van der Waals surface area (Å²) in [5, 5.41) is 3.37. The lowest BCUT2D eigenvalue weighted by Gasteiger charge is -2.23. The van der Waals surface area contributed by atoms with Crippen molar-refractivity contribution in [1.29, 1.82) is 0 Å². The standard InChI is InChI=1S/C14H17NO/c1-2-12-6-5-7-13(10-12)15-11-14-8-3-4-9-16-14/h1,5-7,10,14-15H,3-4,8-9,11H2. The first-order valence-electron chi connectivity index (χ1n) is 5.80. The maximum Gasteiger partial charge on any atom is 0.0747 e. The molecular formula is C14H17NO. The largest absolute Gasteiger partial charge is 0.382 e. The van der Waals surface area contributed by atoms with Crippen LogP contribution in [-0.4, -0.2) is 19.3 Å². The Labute approximate surface area is 97.0 Å². The van der Waals surface area contributed by atoms with E-state index in [1.54, 1.807) is 0 Å². The molecule has 0 bridgehead atoms. The molecule has 2 heteroatoms. The minimum absolute atomic E-state index is 0.350. The molecule has 1 aromatic rings. The van der Waals surface area contributed by atoms with E-state index in [1.807, 2.05) is 24.3 Å². The van der Waals surface area contributed by atoms with Crippen LogP contribution in [0.5, 0.6) is 0 Å². The summed E-state index contributed by atoms with van der Waals surface area (Å²) in [5.74, 6) is 2.63. The summed E-state index contributed by atoms with van der Waals surface area (Å²) in [6.45, 7) is 1.77. The predicted octanol–water partition coefficient (Wildman–Crippen LogP) is 2.65. The molecule has 16 heavy (non-hydrogen) atoms. The van der Waals surface area contributed by atoms with Crippen LogP contribution in [0, 0.1) is 12.3 Å². The van der Waals surface area contributed by atoms with Crippen LogP contribution in [-0.2, 0) is 4.74 Å². The van der Waals surface area contributed by atoms with Crippen molar-refractivity contribution in [1.82, 2.24) is 0 Å². The summed E-state index contributed by atoms with van der Waals surface area (Å²) in [4.78, 5) is 0. The summed E-state index contributed by atoms with van der Waals surface area (Å²) in [6, 6.07) is 7.92. The summed E-state index contributed by atoms with van der Waals surface area (Å²) in [5.41, 5.74) is 1.99. The molecule has 1 heterocycles. The smallest absolute Gasteiger partial charge is 0.0747 e. The third kappa shape index (κ3) is 3.01. The highest BCUT2D eigenvalue weighted by atomic mass is 16.5. The molecule has 0 radical (unpaired) electrons. The number of hydrogen-bond acceptors (Lipinski definition) is 2. The van der Waals surface area contributed by atoms with Gasteiger partial charge in [0.15, 0.2) is 0 Å². The van der Waals surface area contributed by atoms with Crippen molar-refractivity contribution in [2.45, 2.75) is 25.4 Å². The Morgan fingerprint density at radius 2 is 2.38 bits per heavy atom. The Hall–Kier alpha value is -1.46. The molecule has 0 saturated carbocycles. The normalized spacial score (nSPS) is 20.1. The first kappa shape index (κ1) is 11.0. The Morgan fingerprint density at radius 1 is 1.44 bits per heavy atom. The second-order valence-electron chi connectivity index (χ2n) is 4.09. The second kappa shape index (κ2) is 5.58. The Bertz CT molecular complexity index is 375. The highest BCUT2D eigenvalue weighted by Crippen LogP contribution is 2.15. The summed E-state index contributed by atoms with van der Waals surface area (Å²) in [6.07, 6.45) is 9.33. The summed E-state index contributed by atoms with van der Waals surface area (Å²) in [7, 11) is 0. The van der Waals surface area contributed by atoms with Crippen LogP contribution >= 0.6 is 0 Å². The van der Waals surface area contributed by atoms with E-state index in [1.165, 1.54) is 12.8 Å². The van der Waals surface area contributed by atoms with Crippen molar-refractivity contribution in [3.8, 4) is 12.3 Å². The summed E-state index contributed by atoms with van der Waals surface area (Å²) >= 11 is 0. The molecule has 0 amide bonds. The van der Waals surface area contributed by atoms with Gasteiger partial charge in [0, 0.05) is 24.4 Å². The van der Waals surface area contributed by atoms with Crippen molar-refractivity contribution >= 4 is 5.69 Å². The van der Waals surface area contributed by atoms with Gasteiger partial charge in [0.25, 0.3) is 0 Å². The van der Waals surface area contributed by atoms with E-state index in [2.05, 4.69) is 11.2 Å². The minimum atomic E-state index is 0.350. The minimum Gasteiger partial charge on any atom is -0.382 e. The zero-order valence-corrected chi connectivity index (χ0v) is 9.41. The first-order valence-corrected chi connectivity index (χ1v) is 5.80. The van der Waals surface area contributed by atoms with Gasteiger partial charge in [-0.25, -0.2) is 0 Å². The fourth-order valence-corrected chi connectivity index (χ4v) is 1.92. The molecule has 1 saturated heterocycles. The average Bonchev–Trinajstić information content (AvgIpc) is 2.38. The molecular weight excluding hydrogens is 198 g/mol. The molecule has 1 aliphatic heterocycles. The fourth-order valence-electron chi connectivity index (χ4n) is 1.92. The molecule has 84 valence electrons. The molecule has 1 unspecified atom stereocenters. The van der Waals surface area contributed by atoms with E-state index in [4.69, 9.17) is 11.2 Å². The van der Waals surface area contributed by atoms with Gasteiger partial charge in [-0.1, -0.05) is 12.0 Å². The van der Waals surface area contributed by atoms with Gasteiger partial charge in [-0.15, -0.1) is 6.42 Å². The van der Waals surface area contributed by atoms with Crippen molar-refractivity contribution in [2.75, 3.05) is 18.5 Å². The third-order valence-electron chi connectivity index (χ3n) is 2.84. The van der Waals surface area contributed by atoms with Crippen LogP contribution in [0.15, 0.2) is 24.3 Å². The monoisotopic (exact) mass is 215 g/mol. The van der Waals surface area contributed by atoms with E-state index in [0.717, 1.165) is 30.8 Å². The van der Waals surface area contributed by atoms with Crippen molar-refractivity contribution in [2.24, 2.45) is 0 Å². The quantitative estimate of drug-likeness (QED) is 0.783. The molecule has 1 aromatic carbocycles. The SMILES string of the molecule is C#Cc1cccc(NCC2CCCCO2)c1. The van der Waals surface area contributed by atoms with E-state index >= 15 is 0 Å². The van der Waals surface area contributed by atoms with Crippen LogP contribution in [0.4, 0.5) is 5.69 Å². The molecule has 2 nitrogen and oxygen atoms in total. The van der Waals surface area contributed by atoms with Crippen molar-refractivity contribution < 1.29 is 4.74 Å². The number of rotatable bonds is 3. The fraction of sp³-hybridized carbons (Fsp3) is 0.429. The maximum absolute atomic E-state index is 5.65. The second-order valence-corrected chi connectivity index (χ2v) is 4.09. The van der Waals surface area contributed by atoms with Crippen LogP contribution < -0.4 is 5.32 Å². The van der Waals surface area contributed by atoms with Gasteiger partial charge < -0.3 is 10.1 Å². The molecule has 0 aliphatic carbocycles. The number of terminal acetylenes is 1. The van der Waals surface area contributed by atoms with Gasteiger partial charge in [0.05, 0.1) is 6.10 Å². The van der Waals surface area contributed by atoms with E-state index < -0.39 is 0 Å². The van der Waals surface area contributed by atoms with E-state index in [9.17, 15) is 0 Å². The molecule has 0 spiro atoms. The number of anilines is 1. The Kier molecular flexibility index (Phi) is 3.85. The van der Waals surface area contributed by atoms with E-state index in [0.29, 0.717) is 6.10 Å². The molecule has 1 N–H and O–H groups in total. The lowest BCUT2D eigenvalue weighted by atomic mass is 10.1. The number of nitrogens with one attached hydrogen (secondary N) is 1. The van der Waals surface area contributed by atoms with Gasteiger partial charge in [-0.2, -0.15) is 0 Å². The topological polar surface area (TPSA) is 21.3 Å². The zero-order chi connectivity index (χ0) is 11.2. The van der Waals surface area contributed by atoms with Crippen LogP contribution in [0.25, 0.3) is 0 Å². The average molecular weight is 215 g/mol. The van der Waals surface area contributed by atoms with E-state index in [-0.39, 0.29) is 0 Å². The number of hydrogen-bond donors (Lipinski definition) is 1. The summed E-state index contributed by atoms with van der Waals surface area (Å²) < 4.78 is 5.65. The van der Waals surface area contributed by atoms with Crippen molar-refractivity contribution in [3.63, 3.8) is 0 Å². The van der Waals surface area contributed by atoms with Crippen LogP contribution in [0.3, 0.4) is 0 Å². The lowest BCUT2D eigenvalue weighted by molar-refractivity contribution is 0.0247. The van der Waals surface area contributed by atoms with Gasteiger partial charge >= 0.3 is 0 Å². The van der Waals surface area contributed by atoms with Gasteiger partial charge in [-0.05, 0) is 37.5 Å². The molecule has 0 aromatic heterocycles. The highest BCUT2D eigenvalue weighted by Gasteiger charge is 2.12. The van der Waals surface area contributed by atoms with Crippen LogP contribution in [0.2, 0.25) is 0 Å². The van der Waals surface area contributed by atoms with Crippen LogP contribution in [0.1, 0.15) is 24.8 Å². The first-order chi connectivity index (χ1) is 7.88. The highest BCUT2D eigenvalue weighted by molar-refractivity contribution is 5.49. The van der Waals surface area contributed by atoms with Crippen molar-refractivity contribution in [3.05, 3.63) is 29.8 Å². The molecule has 1 aliphatic rings.